The first-order chi connectivity index (χ1) is 11.0. The van der Waals surface area contributed by atoms with E-state index in [1.807, 2.05) is 42.9 Å². The third kappa shape index (κ3) is 3.80. The molecule has 0 bridgehead atoms. The van der Waals surface area contributed by atoms with E-state index < -0.39 is 0 Å². The maximum Gasteiger partial charge on any atom is 0.125 e. The summed E-state index contributed by atoms with van der Waals surface area (Å²) in [7, 11) is 4.05. The van der Waals surface area contributed by atoms with E-state index in [2.05, 4.69) is 28.6 Å². The minimum absolute atomic E-state index is 0.743. The number of halogens is 1. The Hall–Kier alpha value is -1.69. The van der Waals surface area contributed by atoms with Crippen LogP contribution in [0.1, 0.15) is 17.0 Å². The van der Waals surface area contributed by atoms with Crippen molar-refractivity contribution in [2.24, 2.45) is 7.05 Å². The zero-order valence-electron chi connectivity index (χ0n) is 13.5. The maximum atomic E-state index is 6.25. The molecule has 0 aliphatic carbocycles. The Morgan fingerprint density at radius 3 is 2.74 bits per heavy atom. The van der Waals surface area contributed by atoms with E-state index in [1.165, 1.54) is 5.56 Å². The summed E-state index contributed by atoms with van der Waals surface area (Å²) in [6.45, 7) is 3.70. The summed E-state index contributed by atoms with van der Waals surface area (Å²) < 4.78 is 1.86. The summed E-state index contributed by atoms with van der Waals surface area (Å²) in [6, 6.07) is 7.83. The first kappa shape index (κ1) is 16.2. The van der Waals surface area contributed by atoms with Gasteiger partial charge in [-0.2, -0.15) is 5.10 Å². The molecular formula is C17H19ClN4S. The highest BCUT2D eigenvalue weighted by atomic mass is 35.5. The number of rotatable bonds is 5. The maximum absolute atomic E-state index is 6.25. The molecule has 4 nitrogen and oxygen atoms in total. The average Bonchev–Trinajstić information content (AvgIpc) is 3.06. The fraction of sp³-hybridized carbons (Fsp3) is 0.294. The lowest BCUT2D eigenvalue weighted by molar-refractivity contribution is 0.315. The summed E-state index contributed by atoms with van der Waals surface area (Å²) >= 11 is 7.88. The molecule has 0 amide bonds. The first-order valence-corrected chi connectivity index (χ1v) is 8.65. The number of aromatic nitrogens is 3. The number of nitrogens with zero attached hydrogens (tertiary/aromatic N) is 4. The largest absolute Gasteiger partial charge is 0.296 e. The molecule has 0 saturated heterocycles. The van der Waals surface area contributed by atoms with Gasteiger partial charge in [0, 0.05) is 42.8 Å². The van der Waals surface area contributed by atoms with E-state index in [0.717, 1.165) is 40.1 Å². The lowest BCUT2D eigenvalue weighted by Crippen LogP contribution is -2.17. The fourth-order valence-electron chi connectivity index (χ4n) is 2.57. The standard InChI is InChI=1S/C17H19ClN4S/c1-12-13(9-22(3)20-12)8-21(2)10-14-11-23-17(19-14)15-6-4-5-7-16(15)18/h4-7,9,11H,8,10H2,1-3H3. The molecule has 0 fully saturated rings. The molecule has 0 atom stereocenters. The molecule has 0 N–H and O–H groups in total. The molecule has 0 spiro atoms. The molecule has 120 valence electrons. The van der Waals surface area contributed by atoms with Crippen LogP contribution < -0.4 is 0 Å². The number of benzene rings is 1. The zero-order chi connectivity index (χ0) is 16.4. The van der Waals surface area contributed by atoms with Gasteiger partial charge in [0.2, 0.25) is 0 Å². The molecule has 23 heavy (non-hydrogen) atoms. The second-order valence-electron chi connectivity index (χ2n) is 5.71. The molecular weight excluding hydrogens is 328 g/mol. The smallest absolute Gasteiger partial charge is 0.125 e. The highest BCUT2D eigenvalue weighted by molar-refractivity contribution is 7.13. The van der Waals surface area contributed by atoms with Crippen LogP contribution in [0, 0.1) is 6.92 Å². The van der Waals surface area contributed by atoms with Crippen LogP contribution in [0.5, 0.6) is 0 Å². The Balaban J connectivity index is 1.69. The SMILES string of the molecule is Cc1nn(C)cc1CN(C)Cc1csc(-c2ccccc2Cl)n1. The highest BCUT2D eigenvalue weighted by Gasteiger charge is 2.11. The van der Waals surface area contributed by atoms with Crippen molar-refractivity contribution < 1.29 is 0 Å². The van der Waals surface area contributed by atoms with Gasteiger partial charge in [-0.25, -0.2) is 4.98 Å². The van der Waals surface area contributed by atoms with Crippen LogP contribution in [0.25, 0.3) is 10.6 Å². The molecule has 3 rings (SSSR count). The summed E-state index contributed by atoms with van der Waals surface area (Å²) in [6.07, 6.45) is 2.07. The van der Waals surface area contributed by atoms with E-state index in [4.69, 9.17) is 16.6 Å². The highest BCUT2D eigenvalue weighted by Crippen LogP contribution is 2.30. The van der Waals surface area contributed by atoms with Crippen LogP contribution in [0.15, 0.2) is 35.8 Å². The lowest BCUT2D eigenvalue weighted by atomic mass is 10.2. The third-order valence-electron chi connectivity index (χ3n) is 3.64. The Bertz CT molecular complexity index is 809. The quantitative estimate of drug-likeness (QED) is 0.696. The van der Waals surface area contributed by atoms with Crippen LogP contribution >= 0.6 is 22.9 Å². The van der Waals surface area contributed by atoms with Gasteiger partial charge in [-0.3, -0.25) is 9.58 Å². The second-order valence-corrected chi connectivity index (χ2v) is 6.97. The van der Waals surface area contributed by atoms with Crippen molar-refractivity contribution in [3.63, 3.8) is 0 Å². The minimum atomic E-state index is 0.743. The van der Waals surface area contributed by atoms with Crippen LogP contribution in [-0.4, -0.2) is 26.7 Å². The summed E-state index contributed by atoms with van der Waals surface area (Å²) in [5.41, 5.74) is 4.39. The molecule has 1 aromatic carbocycles. The first-order valence-electron chi connectivity index (χ1n) is 7.40. The molecule has 0 saturated carbocycles. The Kier molecular flexibility index (Phi) is 4.80. The van der Waals surface area contributed by atoms with E-state index in [1.54, 1.807) is 11.3 Å². The summed E-state index contributed by atoms with van der Waals surface area (Å²) in [5.74, 6) is 0. The van der Waals surface area contributed by atoms with Crippen LogP contribution in [-0.2, 0) is 20.1 Å². The van der Waals surface area contributed by atoms with Gasteiger partial charge in [-0.1, -0.05) is 29.8 Å². The van der Waals surface area contributed by atoms with Crippen molar-refractivity contribution in [3.05, 3.63) is 57.8 Å². The summed E-state index contributed by atoms with van der Waals surface area (Å²) in [4.78, 5) is 6.97. The lowest BCUT2D eigenvalue weighted by Gasteiger charge is -2.14. The van der Waals surface area contributed by atoms with Crippen LogP contribution in [0.3, 0.4) is 0 Å². The van der Waals surface area contributed by atoms with E-state index in [9.17, 15) is 0 Å². The molecule has 3 aromatic rings. The molecule has 0 unspecified atom stereocenters. The Morgan fingerprint density at radius 2 is 2.04 bits per heavy atom. The van der Waals surface area contributed by atoms with E-state index >= 15 is 0 Å². The topological polar surface area (TPSA) is 34.0 Å². The van der Waals surface area contributed by atoms with Gasteiger partial charge in [-0.05, 0) is 20.0 Å². The Labute approximate surface area is 145 Å². The van der Waals surface area contributed by atoms with E-state index in [-0.39, 0.29) is 0 Å². The monoisotopic (exact) mass is 346 g/mol. The van der Waals surface area contributed by atoms with Gasteiger partial charge >= 0.3 is 0 Å². The van der Waals surface area contributed by atoms with Gasteiger partial charge in [0.05, 0.1) is 16.4 Å². The second kappa shape index (κ2) is 6.83. The number of aryl methyl sites for hydroxylation is 2. The molecule has 6 heteroatoms. The zero-order valence-corrected chi connectivity index (χ0v) is 15.0. The van der Waals surface area contributed by atoms with Crippen LogP contribution in [0.4, 0.5) is 0 Å². The van der Waals surface area contributed by atoms with Crippen molar-refractivity contribution in [2.45, 2.75) is 20.0 Å². The minimum Gasteiger partial charge on any atom is -0.296 e. The number of thiazole rings is 1. The van der Waals surface area contributed by atoms with Crippen molar-refractivity contribution in [1.29, 1.82) is 0 Å². The predicted molar refractivity (Wildman–Crippen MR) is 95.7 cm³/mol. The molecule has 0 aliphatic heterocycles. The van der Waals surface area contributed by atoms with Crippen molar-refractivity contribution in [1.82, 2.24) is 19.7 Å². The van der Waals surface area contributed by atoms with Gasteiger partial charge in [-0.15, -0.1) is 11.3 Å². The summed E-state index contributed by atoms with van der Waals surface area (Å²) in [5, 5.41) is 8.20. The molecule has 2 heterocycles. The van der Waals surface area contributed by atoms with Crippen molar-refractivity contribution >= 4 is 22.9 Å². The Morgan fingerprint density at radius 1 is 1.26 bits per heavy atom. The van der Waals surface area contributed by atoms with Crippen LogP contribution in [0.2, 0.25) is 5.02 Å². The number of hydrogen-bond donors (Lipinski definition) is 0. The average molecular weight is 347 g/mol. The van der Waals surface area contributed by atoms with E-state index in [0.29, 0.717) is 0 Å². The van der Waals surface area contributed by atoms with Gasteiger partial charge < -0.3 is 0 Å². The van der Waals surface area contributed by atoms with Crippen molar-refractivity contribution in [3.8, 4) is 10.6 Å². The molecule has 2 aromatic heterocycles. The van der Waals surface area contributed by atoms with Crippen molar-refractivity contribution in [2.75, 3.05) is 7.05 Å². The van der Waals surface area contributed by atoms with Gasteiger partial charge in [0.15, 0.2) is 0 Å². The third-order valence-corrected chi connectivity index (χ3v) is 4.90. The number of hydrogen-bond acceptors (Lipinski definition) is 4. The molecule has 0 radical (unpaired) electrons. The normalized spacial score (nSPS) is 11.3. The van der Waals surface area contributed by atoms with Gasteiger partial charge in [0.25, 0.3) is 0 Å². The fourth-order valence-corrected chi connectivity index (χ4v) is 3.70. The van der Waals surface area contributed by atoms with Gasteiger partial charge in [0.1, 0.15) is 5.01 Å². The predicted octanol–water partition coefficient (Wildman–Crippen LogP) is 4.14. The molecule has 0 aliphatic rings.